The fourth-order valence-corrected chi connectivity index (χ4v) is 7.00. The van der Waals surface area contributed by atoms with Gasteiger partial charge in [-0.1, -0.05) is 56.5 Å². The quantitative estimate of drug-likeness (QED) is 0.0675. The van der Waals surface area contributed by atoms with Gasteiger partial charge in [0.25, 0.3) is 20.2 Å². The van der Waals surface area contributed by atoms with Crippen molar-refractivity contribution in [1.82, 2.24) is 9.78 Å². The molecule has 270 valence electrons. The fourth-order valence-electron chi connectivity index (χ4n) is 5.12. The summed E-state index contributed by atoms with van der Waals surface area (Å²) in [6.45, 7) is 6.69. The molecule has 0 bridgehead atoms. The number of carbonyl (C=O) groups is 2. The Labute approximate surface area is 299 Å². The zero-order valence-corrected chi connectivity index (χ0v) is 30.7. The van der Waals surface area contributed by atoms with Crippen molar-refractivity contribution < 1.29 is 40.6 Å². The summed E-state index contributed by atoms with van der Waals surface area (Å²) in [5.41, 5.74) is 0.650. The van der Waals surface area contributed by atoms with Gasteiger partial charge in [-0.05, 0) is 61.4 Å². The van der Waals surface area contributed by atoms with E-state index in [2.05, 4.69) is 26.7 Å². The Balaban J connectivity index is 2.16. The highest BCUT2D eigenvalue weighted by atomic mass is 35.5. The molecule has 3 aromatic rings. The monoisotopic (exact) mass is 770 g/mol. The van der Waals surface area contributed by atoms with Gasteiger partial charge < -0.3 is 10.4 Å². The number of azo groups is 1. The van der Waals surface area contributed by atoms with Crippen LogP contribution in [0.1, 0.15) is 89.0 Å². The van der Waals surface area contributed by atoms with Gasteiger partial charge in [-0.3, -0.25) is 18.7 Å². The number of aromatic nitrogens is 2. The molecule has 0 fully saturated rings. The molecule has 2 aromatic carbocycles. The molecule has 1 heterocycles. The third kappa shape index (κ3) is 11.0. The van der Waals surface area contributed by atoms with Crippen LogP contribution in [0.25, 0.3) is 5.69 Å². The average molecular weight is 772 g/mol. The summed E-state index contributed by atoms with van der Waals surface area (Å²) < 4.78 is 65.6. The van der Waals surface area contributed by atoms with Crippen LogP contribution in [0.4, 0.5) is 17.2 Å². The van der Waals surface area contributed by atoms with Gasteiger partial charge in [0, 0.05) is 18.8 Å². The molecule has 3 rings (SSSR count). The molecule has 15 nitrogen and oxygen atoms in total. The Morgan fingerprint density at radius 3 is 2.16 bits per heavy atom. The SMILES string of the molecule is CC(=O)Nc1cc(C(CCCCS(=O)(=O)O)CCCC(=O)O)ccc1N=Nc1c(C#N)c(C(C)(C)C)nn1-c1c(Cl)cc(S(=O)(=O)O)cc1Cl. The molecule has 0 saturated heterocycles. The van der Waals surface area contributed by atoms with Crippen LogP contribution in [0, 0.1) is 11.3 Å². The lowest BCUT2D eigenvalue weighted by Crippen LogP contribution is -2.14. The second kappa shape index (κ2) is 16.4. The second-order valence-corrected chi connectivity index (χ2v) is 16.3. The summed E-state index contributed by atoms with van der Waals surface area (Å²) >= 11 is 12.9. The number of anilines is 1. The minimum absolute atomic E-state index is 0.00771. The van der Waals surface area contributed by atoms with Gasteiger partial charge in [0.1, 0.15) is 23.0 Å². The van der Waals surface area contributed by atoms with E-state index in [-0.39, 0.29) is 62.9 Å². The molecular weight excluding hydrogens is 735 g/mol. The highest BCUT2D eigenvalue weighted by molar-refractivity contribution is 7.86. The molecular formula is C31H36Cl2N6O9S2. The van der Waals surface area contributed by atoms with Gasteiger partial charge in [0.05, 0.1) is 32.1 Å². The van der Waals surface area contributed by atoms with Gasteiger partial charge in [-0.2, -0.15) is 27.2 Å². The predicted molar refractivity (Wildman–Crippen MR) is 186 cm³/mol. The van der Waals surface area contributed by atoms with Crippen LogP contribution in [0.5, 0.6) is 0 Å². The van der Waals surface area contributed by atoms with Crippen molar-refractivity contribution in [3.05, 3.63) is 57.2 Å². The smallest absolute Gasteiger partial charge is 0.303 e. The van der Waals surface area contributed by atoms with Crippen molar-refractivity contribution in [1.29, 1.82) is 5.26 Å². The Hall–Kier alpha value is -3.92. The van der Waals surface area contributed by atoms with E-state index >= 15 is 0 Å². The van der Waals surface area contributed by atoms with Crippen molar-refractivity contribution in [3.8, 4) is 11.8 Å². The lowest BCUT2D eigenvalue weighted by molar-refractivity contribution is -0.137. The number of nitrogens with one attached hydrogen (secondary N) is 1. The number of nitriles is 1. The number of carboxylic acid groups (broad SMARTS) is 1. The Bertz CT molecular complexity index is 2050. The topological polar surface area (TPSA) is 241 Å². The second-order valence-electron chi connectivity index (χ2n) is 12.5. The molecule has 0 aliphatic heterocycles. The van der Waals surface area contributed by atoms with Crippen LogP contribution < -0.4 is 5.32 Å². The molecule has 4 N–H and O–H groups in total. The van der Waals surface area contributed by atoms with E-state index in [9.17, 15) is 36.2 Å². The van der Waals surface area contributed by atoms with Crippen LogP contribution >= 0.6 is 23.2 Å². The Morgan fingerprint density at radius 1 is 1.02 bits per heavy atom. The highest BCUT2D eigenvalue weighted by Gasteiger charge is 2.30. The van der Waals surface area contributed by atoms with E-state index in [0.29, 0.717) is 31.2 Å². The molecule has 19 heteroatoms. The molecule has 0 spiro atoms. The number of nitrogens with zero attached hydrogens (tertiary/aromatic N) is 5. The number of rotatable bonds is 15. The van der Waals surface area contributed by atoms with E-state index in [1.165, 1.54) is 6.92 Å². The van der Waals surface area contributed by atoms with Crippen LogP contribution in [-0.2, 0) is 35.2 Å². The summed E-state index contributed by atoms with van der Waals surface area (Å²) in [4.78, 5) is 22.8. The molecule has 0 aliphatic rings. The maximum Gasteiger partial charge on any atom is 0.303 e. The van der Waals surface area contributed by atoms with E-state index in [0.717, 1.165) is 16.8 Å². The Morgan fingerprint density at radius 2 is 1.64 bits per heavy atom. The number of carboxylic acids is 1. The van der Waals surface area contributed by atoms with Crippen LogP contribution in [0.3, 0.4) is 0 Å². The number of unbranched alkanes of at least 4 members (excludes halogenated alkanes) is 1. The molecule has 1 amide bonds. The average Bonchev–Trinajstić information content (AvgIpc) is 3.34. The lowest BCUT2D eigenvalue weighted by atomic mass is 9.88. The van der Waals surface area contributed by atoms with Crippen molar-refractivity contribution in [2.24, 2.45) is 10.2 Å². The first-order chi connectivity index (χ1) is 23.1. The van der Waals surface area contributed by atoms with Crippen molar-refractivity contribution >= 4 is 72.5 Å². The molecule has 0 aliphatic carbocycles. The van der Waals surface area contributed by atoms with Gasteiger partial charge >= 0.3 is 5.97 Å². The van der Waals surface area contributed by atoms with Crippen LogP contribution in [-0.4, -0.2) is 58.5 Å². The minimum atomic E-state index is -4.67. The van der Waals surface area contributed by atoms with Crippen LogP contribution in [0.2, 0.25) is 10.0 Å². The zero-order valence-electron chi connectivity index (χ0n) is 27.5. The zero-order chi connectivity index (χ0) is 37.6. The summed E-state index contributed by atoms with van der Waals surface area (Å²) in [7, 11) is -8.81. The number of hydrogen-bond donors (Lipinski definition) is 4. The Kier molecular flexibility index (Phi) is 13.3. The number of carbonyl (C=O) groups excluding carboxylic acids is 1. The minimum Gasteiger partial charge on any atom is -0.481 e. The van der Waals surface area contributed by atoms with E-state index < -0.39 is 48.2 Å². The van der Waals surface area contributed by atoms with E-state index in [4.69, 9.17) is 32.9 Å². The molecule has 0 saturated carbocycles. The fraction of sp³-hybridized carbons (Fsp3) is 0.419. The van der Waals surface area contributed by atoms with Crippen molar-refractivity contribution in [3.63, 3.8) is 0 Å². The highest BCUT2D eigenvalue weighted by Crippen LogP contribution is 2.40. The normalized spacial score (nSPS) is 12.9. The largest absolute Gasteiger partial charge is 0.481 e. The maximum atomic E-state index is 12.2. The number of amides is 1. The maximum absolute atomic E-state index is 12.2. The first-order valence-electron chi connectivity index (χ1n) is 15.1. The van der Waals surface area contributed by atoms with Crippen molar-refractivity contribution in [2.45, 2.75) is 82.4 Å². The predicted octanol–water partition coefficient (Wildman–Crippen LogP) is 7.37. The third-order valence-electron chi connectivity index (χ3n) is 7.39. The number of hydrogen-bond acceptors (Lipinski definition) is 10. The first kappa shape index (κ1) is 40.5. The molecule has 50 heavy (non-hydrogen) atoms. The van der Waals surface area contributed by atoms with Crippen LogP contribution in [0.15, 0.2) is 45.5 Å². The van der Waals surface area contributed by atoms with Gasteiger partial charge in [-0.25, -0.2) is 4.68 Å². The van der Waals surface area contributed by atoms with Gasteiger partial charge in [-0.15, -0.1) is 10.2 Å². The van der Waals surface area contributed by atoms with Crippen molar-refractivity contribution in [2.75, 3.05) is 11.1 Å². The number of benzene rings is 2. The van der Waals surface area contributed by atoms with Gasteiger partial charge in [0.15, 0.2) is 5.82 Å². The van der Waals surface area contributed by atoms with E-state index in [1.807, 2.05) is 0 Å². The number of halogens is 2. The first-order valence-corrected chi connectivity index (χ1v) is 18.9. The third-order valence-corrected chi connectivity index (χ3v) is 9.60. The summed E-state index contributed by atoms with van der Waals surface area (Å²) in [5, 5.41) is 34.8. The molecule has 1 atom stereocenters. The standard InChI is InChI=1S/C31H36Cl2N6O9S2/c1-18(40)35-26-14-20(19(9-7-10-27(41)42)8-5-6-13-49(43,44)45)11-12-25(26)36-37-30-22(17-34)29(31(2,3)4)38-39(30)28-23(32)15-21(16-24(28)33)50(46,47)48/h11-12,14-16,19H,5-10,13H2,1-4H3,(H,35,40)(H,41,42)(H,43,44,45)(H,46,47,48). The van der Waals surface area contributed by atoms with Gasteiger partial charge in [0.2, 0.25) is 5.91 Å². The van der Waals surface area contributed by atoms with E-state index in [1.54, 1.807) is 39.0 Å². The molecule has 1 aromatic heterocycles. The summed E-state index contributed by atoms with van der Waals surface area (Å²) in [6, 6.07) is 8.92. The molecule has 1 unspecified atom stereocenters. The molecule has 0 radical (unpaired) electrons. The summed E-state index contributed by atoms with van der Waals surface area (Å²) in [6.07, 6.45) is 1.77. The lowest BCUT2D eigenvalue weighted by Gasteiger charge is -2.19. The number of aliphatic carboxylic acids is 1. The summed E-state index contributed by atoms with van der Waals surface area (Å²) in [5.74, 6) is -2.17.